The highest BCUT2D eigenvalue weighted by molar-refractivity contribution is 6.33. The van der Waals surface area contributed by atoms with Crippen molar-refractivity contribution < 1.29 is 0 Å². The third-order valence-corrected chi connectivity index (χ3v) is 4.04. The Morgan fingerprint density at radius 2 is 2.05 bits per heavy atom. The smallest absolute Gasteiger partial charge is 0.185 e. The van der Waals surface area contributed by atoms with Crippen LogP contribution in [-0.4, -0.2) is 20.2 Å². The molecule has 2 aromatic rings. The summed E-state index contributed by atoms with van der Waals surface area (Å²) in [6.45, 7) is 9.50. The van der Waals surface area contributed by atoms with Crippen LogP contribution in [0.25, 0.3) is 11.4 Å². The van der Waals surface area contributed by atoms with Crippen molar-refractivity contribution in [2.24, 2.45) is 11.3 Å². The first kappa shape index (κ1) is 14.8. The van der Waals surface area contributed by atoms with Crippen molar-refractivity contribution in [2.45, 2.75) is 34.2 Å². The molecule has 6 heteroatoms. The van der Waals surface area contributed by atoms with E-state index in [2.05, 4.69) is 43.2 Å². The lowest BCUT2D eigenvalue weighted by atomic mass is 9.82. The number of halogens is 1. The van der Waals surface area contributed by atoms with Crippen LogP contribution in [0.2, 0.25) is 5.02 Å². The fourth-order valence-corrected chi connectivity index (χ4v) is 2.08. The van der Waals surface area contributed by atoms with Crippen LogP contribution in [0.4, 0.5) is 5.69 Å². The topological polar surface area (TPSA) is 69.6 Å². The first-order valence-corrected chi connectivity index (χ1v) is 6.99. The number of tetrazole rings is 1. The van der Waals surface area contributed by atoms with Gasteiger partial charge in [0.2, 0.25) is 0 Å². The first-order valence-electron chi connectivity index (χ1n) is 6.61. The maximum Gasteiger partial charge on any atom is 0.185 e. The number of nitrogen functional groups attached to an aromatic ring is 1. The second-order valence-electron chi connectivity index (χ2n) is 6.16. The van der Waals surface area contributed by atoms with Crippen LogP contribution in [0.3, 0.4) is 0 Å². The number of benzene rings is 1. The monoisotopic (exact) mass is 293 g/mol. The standard InChI is InChI=1S/C14H20ClN5/c1-9(14(2,3)4)8-20-13(17-18-19-20)12-10(15)6-5-7-11(12)16/h5-7,9H,8,16H2,1-4H3. The molecule has 1 heterocycles. The maximum absolute atomic E-state index is 6.23. The Kier molecular flexibility index (Phi) is 3.99. The molecule has 0 radical (unpaired) electrons. The number of rotatable bonds is 3. The summed E-state index contributed by atoms with van der Waals surface area (Å²) in [4.78, 5) is 0. The van der Waals surface area contributed by atoms with E-state index in [0.717, 1.165) is 6.54 Å². The van der Waals surface area contributed by atoms with Crippen molar-refractivity contribution in [3.8, 4) is 11.4 Å². The fourth-order valence-electron chi connectivity index (χ4n) is 1.82. The van der Waals surface area contributed by atoms with E-state index >= 15 is 0 Å². The molecule has 1 aromatic carbocycles. The van der Waals surface area contributed by atoms with E-state index in [4.69, 9.17) is 17.3 Å². The van der Waals surface area contributed by atoms with E-state index < -0.39 is 0 Å². The normalized spacial score (nSPS) is 13.4. The van der Waals surface area contributed by atoms with E-state index in [1.807, 2.05) is 6.07 Å². The van der Waals surface area contributed by atoms with Crippen molar-refractivity contribution in [1.82, 2.24) is 20.2 Å². The molecular weight excluding hydrogens is 274 g/mol. The summed E-state index contributed by atoms with van der Waals surface area (Å²) in [6.07, 6.45) is 0. The Bertz CT molecular complexity index is 580. The average Bonchev–Trinajstić information content (AvgIpc) is 2.76. The van der Waals surface area contributed by atoms with Crippen molar-refractivity contribution >= 4 is 17.3 Å². The number of anilines is 1. The third kappa shape index (κ3) is 2.93. The van der Waals surface area contributed by atoms with Crippen molar-refractivity contribution in [1.29, 1.82) is 0 Å². The highest BCUT2D eigenvalue weighted by Crippen LogP contribution is 2.33. The molecule has 0 fully saturated rings. The molecule has 2 N–H and O–H groups in total. The average molecular weight is 294 g/mol. The summed E-state index contributed by atoms with van der Waals surface area (Å²) in [7, 11) is 0. The van der Waals surface area contributed by atoms with Crippen LogP contribution in [0.1, 0.15) is 27.7 Å². The molecule has 0 aliphatic rings. The van der Waals surface area contributed by atoms with Gasteiger partial charge in [-0.3, -0.25) is 0 Å². The van der Waals surface area contributed by atoms with Crippen LogP contribution in [0.5, 0.6) is 0 Å². The summed E-state index contributed by atoms with van der Waals surface area (Å²) in [5, 5.41) is 12.5. The summed E-state index contributed by atoms with van der Waals surface area (Å²) in [5.41, 5.74) is 7.46. The van der Waals surface area contributed by atoms with Crippen molar-refractivity contribution in [3.63, 3.8) is 0 Å². The summed E-state index contributed by atoms with van der Waals surface area (Å²) < 4.78 is 1.77. The van der Waals surface area contributed by atoms with Crippen LogP contribution < -0.4 is 5.73 Å². The largest absolute Gasteiger partial charge is 0.398 e. The number of nitrogens with zero attached hydrogens (tertiary/aromatic N) is 4. The molecule has 5 nitrogen and oxygen atoms in total. The molecule has 1 unspecified atom stereocenters. The number of aromatic nitrogens is 4. The second-order valence-corrected chi connectivity index (χ2v) is 6.56. The Morgan fingerprint density at radius 1 is 1.35 bits per heavy atom. The lowest BCUT2D eigenvalue weighted by Crippen LogP contribution is -2.23. The number of hydrogen-bond acceptors (Lipinski definition) is 4. The second kappa shape index (κ2) is 5.40. The number of nitrogens with two attached hydrogens (primary N) is 1. The molecule has 20 heavy (non-hydrogen) atoms. The lowest BCUT2D eigenvalue weighted by Gasteiger charge is -2.27. The molecule has 1 atom stereocenters. The van der Waals surface area contributed by atoms with Gasteiger partial charge in [-0.2, -0.15) is 0 Å². The van der Waals surface area contributed by atoms with Gasteiger partial charge in [0.1, 0.15) is 0 Å². The Morgan fingerprint density at radius 3 is 2.65 bits per heavy atom. The predicted molar refractivity (Wildman–Crippen MR) is 81.3 cm³/mol. The minimum Gasteiger partial charge on any atom is -0.398 e. The Balaban J connectivity index is 2.39. The molecule has 0 aliphatic heterocycles. The highest BCUT2D eigenvalue weighted by Gasteiger charge is 2.23. The minimum atomic E-state index is 0.176. The third-order valence-electron chi connectivity index (χ3n) is 3.73. The fraction of sp³-hybridized carbons (Fsp3) is 0.500. The van der Waals surface area contributed by atoms with Gasteiger partial charge < -0.3 is 5.73 Å². The first-order chi connectivity index (χ1) is 9.30. The van der Waals surface area contributed by atoms with E-state index in [1.165, 1.54) is 0 Å². The van der Waals surface area contributed by atoms with Crippen molar-refractivity contribution in [3.05, 3.63) is 23.2 Å². The molecule has 1 aromatic heterocycles. The summed E-state index contributed by atoms with van der Waals surface area (Å²) in [5.74, 6) is 1.03. The minimum absolute atomic E-state index is 0.176. The van der Waals surface area contributed by atoms with Gasteiger partial charge in [0.25, 0.3) is 0 Å². The molecule has 0 bridgehead atoms. The van der Waals surface area contributed by atoms with E-state index in [-0.39, 0.29) is 5.41 Å². The van der Waals surface area contributed by atoms with Gasteiger partial charge in [0.05, 0.1) is 10.6 Å². The zero-order valence-corrected chi connectivity index (χ0v) is 13.0. The quantitative estimate of drug-likeness (QED) is 0.882. The van der Waals surface area contributed by atoms with Gasteiger partial charge in [0.15, 0.2) is 5.82 Å². The SMILES string of the molecule is CC(Cn1nnnc1-c1c(N)cccc1Cl)C(C)(C)C. The Labute approximate surface area is 124 Å². The summed E-state index contributed by atoms with van der Waals surface area (Å²) >= 11 is 6.23. The zero-order chi connectivity index (χ0) is 14.9. The number of hydrogen-bond donors (Lipinski definition) is 1. The van der Waals surface area contributed by atoms with Gasteiger partial charge in [-0.15, -0.1) is 5.10 Å². The van der Waals surface area contributed by atoms with Gasteiger partial charge >= 0.3 is 0 Å². The van der Waals surface area contributed by atoms with Crippen LogP contribution in [-0.2, 0) is 6.54 Å². The van der Waals surface area contributed by atoms with E-state index in [1.54, 1.807) is 16.8 Å². The van der Waals surface area contributed by atoms with Crippen molar-refractivity contribution in [2.75, 3.05) is 5.73 Å². The van der Waals surface area contributed by atoms with E-state index in [9.17, 15) is 0 Å². The van der Waals surface area contributed by atoms with Gasteiger partial charge in [0, 0.05) is 12.2 Å². The molecule has 0 spiro atoms. The molecule has 0 aliphatic carbocycles. The maximum atomic E-state index is 6.23. The molecular formula is C14H20ClN5. The van der Waals surface area contributed by atoms with E-state index in [0.29, 0.717) is 28.0 Å². The van der Waals surface area contributed by atoms with Gasteiger partial charge in [-0.1, -0.05) is 45.4 Å². The molecule has 0 amide bonds. The van der Waals surface area contributed by atoms with Crippen LogP contribution >= 0.6 is 11.6 Å². The molecule has 0 saturated heterocycles. The lowest BCUT2D eigenvalue weighted by molar-refractivity contribution is 0.225. The predicted octanol–water partition coefficient (Wildman–Crippen LogP) is 3.26. The van der Waals surface area contributed by atoms with Crippen LogP contribution in [0, 0.1) is 11.3 Å². The zero-order valence-electron chi connectivity index (χ0n) is 12.3. The molecule has 0 saturated carbocycles. The summed E-state index contributed by atoms with van der Waals surface area (Å²) in [6, 6.07) is 5.40. The highest BCUT2D eigenvalue weighted by atomic mass is 35.5. The van der Waals surface area contributed by atoms with Crippen LogP contribution in [0.15, 0.2) is 18.2 Å². The molecule has 108 valence electrons. The Hall–Kier alpha value is -1.62. The molecule has 2 rings (SSSR count). The van der Waals surface area contributed by atoms with Gasteiger partial charge in [-0.25, -0.2) is 4.68 Å². The van der Waals surface area contributed by atoms with Gasteiger partial charge in [-0.05, 0) is 33.9 Å².